The molecule has 102 valence electrons. The molecule has 0 aliphatic rings. The molecule has 2 rings (SSSR count). The van der Waals surface area contributed by atoms with Crippen LogP contribution >= 0.6 is 12.4 Å². The Labute approximate surface area is 117 Å². The zero-order chi connectivity index (χ0) is 13.0. The van der Waals surface area contributed by atoms with Crippen LogP contribution in [-0.2, 0) is 13.5 Å². The fourth-order valence-corrected chi connectivity index (χ4v) is 1.61. The molecule has 3 N–H and O–H groups in total. The van der Waals surface area contributed by atoms with E-state index in [1.165, 1.54) is 6.20 Å². The number of aryl methyl sites for hydroxylation is 1. The molecule has 2 aromatic heterocycles. The van der Waals surface area contributed by atoms with Gasteiger partial charge in [0.25, 0.3) is 5.91 Å². The molecule has 2 aromatic rings. The average Bonchev–Trinajstić information content (AvgIpc) is 2.75. The van der Waals surface area contributed by atoms with E-state index in [4.69, 9.17) is 5.73 Å². The smallest absolute Gasteiger partial charge is 0.254 e. The van der Waals surface area contributed by atoms with Gasteiger partial charge in [0.15, 0.2) is 0 Å². The molecule has 0 aliphatic carbocycles. The summed E-state index contributed by atoms with van der Waals surface area (Å²) in [7, 11) is 1.86. The zero-order valence-electron chi connectivity index (χ0n) is 10.5. The Balaban J connectivity index is 0.00000180. The van der Waals surface area contributed by atoms with Gasteiger partial charge in [0, 0.05) is 37.9 Å². The number of carbonyl (C=O) groups excluding carboxylic acids is 1. The van der Waals surface area contributed by atoms with Crippen LogP contribution in [0.3, 0.4) is 0 Å². The summed E-state index contributed by atoms with van der Waals surface area (Å²) in [6.07, 6.45) is 7.46. The monoisotopic (exact) mass is 281 g/mol. The van der Waals surface area contributed by atoms with E-state index in [9.17, 15) is 4.79 Å². The van der Waals surface area contributed by atoms with Gasteiger partial charge in [0.2, 0.25) is 0 Å². The Morgan fingerprint density at radius 2 is 2.26 bits per heavy atom. The second kappa shape index (κ2) is 6.75. The molecule has 2 heterocycles. The number of nitrogens with one attached hydrogen (secondary N) is 1. The summed E-state index contributed by atoms with van der Waals surface area (Å²) in [5.74, 6) is -0.204. The molecule has 0 radical (unpaired) electrons. The molecule has 7 heteroatoms. The first kappa shape index (κ1) is 15.0. The van der Waals surface area contributed by atoms with E-state index in [0.717, 1.165) is 12.0 Å². The van der Waals surface area contributed by atoms with E-state index in [1.54, 1.807) is 23.1 Å². The molecule has 1 amide bonds. The summed E-state index contributed by atoms with van der Waals surface area (Å²) in [6.45, 7) is 0.541. The van der Waals surface area contributed by atoms with Crippen LogP contribution in [0.4, 0.5) is 5.69 Å². The van der Waals surface area contributed by atoms with Crippen molar-refractivity contribution in [3.05, 3.63) is 42.0 Å². The van der Waals surface area contributed by atoms with Gasteiger partial charge in [-0.3, -0.25) is 14.5 Å². The number of anilines is 1. The number of nitrogen functional groups attached to an aromatic ring is 1. The third-order valence-corrected chi connectivity index (χ3v) is 2.56. The van der Waals surface area contributed by atoms with Crippen LogP contribution < -0.4 is 11.1 Å². The lowest BCUT2D eigenvalue weighted by Gasteiger charge is -2.05. The summed E-state index contributed by atoms with van der Waals surface area (Å²) >= 11 is 0. The quantitative estimate of drug-likeness (QED) is 0.868. The number of pyridine rings is 1. The van der Waals surface area contributed by atoms with Crippen LogP contribution in [-0.4, -0.2) is 27.2 Å². The molecule has 0 atom stereocenters. The standard InChI is InChI=1S/C12H15N5O.ClH/c1-17-8-9(6-16-17)2-5-15-12(18)10-7-14-4-3-11(10)13;/h3-4,6-8H,2,5H2,1H3,(H2,13,14)(H,15,18);1H. The molecule has 19 heavy (non-hydrogen) atoms. The number of aromatic nitrogens is 3. The van der Waals surface area contributed by atoms with Crippen molar-refractivity contribution in [3.8, 4) is 0 Å². The summed E-state index contributed by atoms with van der Waals surface area (Å²) in [5, 5.41) is 6.86. The SMILES string of the molecule is Cl.Cn1cc(CCNC(=O)c2cnccc2N)cn1. The van der Waals surface area contributed by atoms with Crippen LogP contribution in [0.25, 0.3) is 0 Å². The highest BCUT2D eigenvalue weighted by molar-refractivity contribution is 5.98. The van der Waals surface area contributed by atoms with E-state index < -0.39 is 0 Å². The molecule has 0 aromatic carbocycles. The number of hydrogen-bond acceptors (Lipinski definition) is 4. The molecule has 0 bridgehead atoms. The van der Waals surface area contributed by atoms with Gasteiger partial charge < -0.3 is 11.1 Å². The van der Waals surface area contributed by atoms with Gasteiger partial charge in [-0.05, 0) is 18.1 Å². The largest absolute Gasteiger partial charge is 0.398 e. The highest BCUT2D eigenvalue weighted by Gasteiger charge is 2.08. The summed E-state index contributed by atoms with van der Waals surface area (Å²) < 4.78 is 1.73. The molecular weight excluding hydrogens is 266 g/mol. The minimum atomic E-state index is -0.204. The first-order valence-corrected chi connectivity index (χ1v) is 5.62. The molecule has 0 saturated heterocycles. The second-order valence-corrected chi connectivity index (χ2v) is 3.99. The number of nitrogens with zero attached hydrogens (tertiary/aromatic N) is 3. The first-order valence-electron chi connectivity index (χ1n) is 5.62. The Hall–Kier alpha value is -2.08. The van der Waals surface area contributed by atoms with Crippen LogP contribution in [0.2, 0.25) is 0 Å². The van der Waals surface area contributed by atoms with Crippen LogP contribution in [0.1, 0.15) is 15.9 Å². The molecule has 0 spiro atoms. The lowest BCUT2D eigenvalue weighted by Crippen LogP contribution is -2.26. The van der Waals surface area contributed by atoms with Gasteiger partial charge >= 0.3 is 0 Å². The Kier molecular flexibility index (Phi) is 5.32. The molecule has 6 nitrogen and oxygen atoms in total. The number of amides is 1. The summed E-state index contributed by atoms with van der Waals surface area (Å²) in [5.41, 5.74) is 7.61. The van der Waals surface area contributed by atoms with Crippen molar-refractivity contribution in [2.75, 3.05) is 12.3 Å². The maximum atomic E-state index is 11.8. The van der Waals surface area contributed by atoms with Crippen molar-refractivity contribution >= 4 is 24.0 Å². The molecular formula is C12H16ClN5O. The highest BCUT2D eigenvalue weighted by atomic mass is 35.5. The predicted molar refractivity (Wildman–Crippen MR) is 75.1 cm³/mol. The van der Waals surface area contributed by atoms with Gasteiger partial charge in [0.05, 0.1) is 11.8 Å². The zero-order valence-corrected chi connectivity index (χ0v) is 11.4. The Morgan fingerprint density at radius 3 is 2.89 bits per heavy atom. The van der Waals surface area contributed by atoms with Crippen molar-refractivity contribution in [1.29, 1.82) is 0 Å². The molecule has 0 fully saturated rings. The van der Waals surface area contributed by atoms with E-state index in [1.807, 2.05) is 13.2 Å². The summed E-state index contributed by atoms with van der Waals surface area (Å²) in [6, 6.07) is 1.61. The van der Waals surface area contributed by atoms with Crippen molar-refractivity contribution in [3.63, 3.8) is 0 Å². The normalized spacial score (nSPS) is 9.74. The number of halogens is 1. The van der Waals surface area contributed by atoms with E-state index in [2.05, 4.69) is 15.4 Å². The summed E-state index contributed by atoms with van der Waals surface area (Å²) in [4.78, 5) is 15.7. The van der Waals surface area contributed by atoms with Gasteiger partial charge in [0.1, 0.15) is 0 Å². The van der Waals surface area contributed by atoms with Crippen molar-refractivity contribution in [1.82, 2.24) is 20.1 Å². The van der Waals surface area contributed by atoms with Crippen molar-refractivity contribution in [2.24, 2.45) is 7.05 Å². The van der Waals surface area contributed by atoms with Gasteiger partial charge in [-0.25, -0.2) is 0 Å². The average molecular weight is 282 g/mol. The van der Waals surface area contributed by atoms with Gasteiger partial charge in [-0.1, -0.05) is 0 Å². The van der Waals surface area contributed by atoms with Crippen molar-refractivity contribution < 1.29 is 4.79 Å². The lowest BCUT2D eigenvalue weighted by atomic mass is 10.2. The van der Waals surface area contributed by atoms with Crippen LogP contribution in [0.15, 0.2) is 30.9 Å². The van der Waals surface area contributed by atoms with E-state index in [-0.39, 0.29) is 18.3 Å². The number of rotatable bonds is 4. The third kappa shape index (κ3) is 3.96. The maximum Gasteiger partial charge on any atom is 0.254 e. The number of hydrogen-bond donors (Lipinski definition) is 2. The third-order valence-electron chi connectivity index (χ3n) is 2.56. The second-order valence-electron chi connectivity index (χ2n) is 3.99. The number of nitrogens with two attached hydrogens (primary N) is 1. The van der Waals surface area contributed by atoms with Crippen molar-refractivity contribution in [2.45, 2.75) is 6.42 Å². The molecule has 0 saturated carbocycles. The predicted octanol–water partition coefficient (Wildman–Crippen LogP) is 0.792. The van der Waals surface area contributed by atoms with E-state index in [0.29, 0.717) is 17.8 Å². The van der Waals surface area contributed by atoms with E-state index >= 15 is 0 Å². The minimum Gasteiger partial charge on any atom is -0.398 e. The van der Waals surface area contributed by atoms with Gasteiger partial charge in [-0.2, -0.15) is 5.10 Å². The Morgan fingerprint density at radius 1 is 1.47 bits per heavy atom. The fourth-order valence-electron chi connectivity index (χ4n) is 1.61. The Bertz CT molecular complexity index is 555. The number of carbonyl (C=O) groups is 1. The topological polar surface area (TPSA) is 85.8 Å². The maximum absolute atomic E-state index is 11.8. The first-order chi connectivity index (χ1) is 8.66. The van der Waals surface area contributed by atoms with Gasteiger partial charge in [-0.15, -0.1) is 12.4 Å². The highest BCUT2D eigenvalue weighted by Crippen LogP contribution is 2.07. The van der Waals surface area contributed by atoms with Crippen LogP contribution in [0, 0.1) is 0 Å². The molecule has 0 aliphatic heterocycles. The molecule has 0 unspecified atom stereocenters. The minimum absolute atomic E-state index is 0. The van der Waals surface area contributed by atoms with Crippen LogP contribution in [0.5, 0.6) is 0 Å². The fraction of sp³-hybridized carbons (Fsp3) is 0.250. The lowest BCUT2D eigenvalue weighted by molar-refractivity contribution is 0.0954.